The van der Waals surface area contributed by atoms with Crippen molar-refractivity contribution >= 4 is 11.8 Å². The van der Waals surface area contributed by atoms with Gasteiger partial charge in [-0.05, 0) is 12.5 Å². The second kappa shape index (κ2) is 7.45. The number of nitrogens with two attached hydrogens (primary N) is 1. The molecule has 0 aliphatic carbocycles. The van der Waals surface area contributed by atoms with Gasteiger partial charge in [0.25, 0.3) is 0 Å². The molecule has 98 valence electrons. The highest BCUT2D eigenvalue weighted by Gasteiger charge is 2.19. The minimum atomic E-state index is -0.580. The first kappa shape index (κ1) is 14.2. The van der Waals surface area contributed by atoms with Gasteiger partial charge in [-0.3, -0.25) is 9.59 Å². The number of rotatable bonds is 6. The number of likely N-dealkylation sites (N-methyl/N-ethyl adjacent to an activating group) is 1. The fraction of sp³-hybridized carbons (Fsp3) is 0.385. The van der Waals surface area contributed by atoms with Crippen LogP contribution >= 0.6 is 0 Å². The van der Waals surface area contributed by atoms with Crippen LogP contribution in [-0.2, 0) is 16.0 Å². The molecular formula is C13H19N3O2. The Morgan fingerprint density at radius 3 is 2.50 bits per heavy atom. The predicted octanol–water partition coefficient (Wildman–Crippen LogP) is -0.191. The van der Waals surface area contributed by atoms with Crippen molar-refractivity contribution in [3.05, 3.63) is 35.9 Å². The molecule has 0 saturated heterocycles. The van der Waals surface area contributed by atoms with Crippen molar-refractivity contribution in [1.82, 2.24) is 10.6 Å². The summed E-state index contributed by atoms with van der Waals surface area (Å²) in [6, 6.07) is 8.96. The second-order valence-electron chi connectivity index (χ2n) is 3.91. The van der Waals surface area contributed by atoms with Gasteiger partial charge in [0.2, 0.25) is 11.8 Å². The molecule has 0 bridgehead atoms. The summed E-state index contributed by atoms with van der Waals surface area (Å²) in [5, 5.41) is 5.32. The lowest BCUT2D eigenvalue weighted by Crippen LogP contribution is -2.49. The van der Waals surface area contributed by atoms with Crippen LogP contribution < -0.4 is 16.4 Å². The maximum Gasteiger partial charge on any atom is 0.242 e. The maximum absolute atomic E-state index is 11.8. The van der Waals surface area contributed by atoms with E-state index in [9.17, 15) is 9.59 Å². The van der Waals surface area contributed by atoms with E-state index in [1.807, 2.05) is 37.3 Å². The molecule has 0 spiro atoms. The maximum atomic E-state index is 11.8. The number of carbonyl (C=O) groups excluding carboxylic acids is 2. The summed E-state index contributed by atoms with van der Waals surface area (Å²) in [6.45, 7) is 2.25. The fourth-order valence-corrected chi connectivity index (χ4v) is 1.61. The fourth-order valence-electron chi connectivity index (χ4n) is 1.61. The van der Waals surface area contributed by atoms with Gasteiger partial charge in [0.1, 0.15) is 6.04 Å². The van der Waals surface area contributed by atoms with E-state index in [-0.39, 0.29) is 18.4 Å². The minimum absolute atomic E-state index is 0.120. The number of hydrogen-bond acceptors (Lipinski definition) is 3. The summed E-state index contributed by atoms with van der Waals surface area (Å²) in [4.78, 5) is 23.1. The monoisotopic (exact) mass is 249 g/mol. The van der Waals surface area contributed by atoms with Crippen LogP contribution in [0.5, 0.6) is 0 Å². The summed E-state index contributed by atoms with van der Waals surface area (Å²) in [5.74, 6) is -0.523. The van der Waals surface area contributed by atoms with Gasteiger partial charge in [-0.25, -0.2) is 0 Å². The highest BCUT2D eigenvalue weighted by molar-refractivity contribution is 5.88. The third kappa shape index (κ3) is 4.55. The van der Waals surface area contributed by atoms with Crippen LogP contribution in [0, 0.1) is 0 Å². The predicted molar refractivity (Wildman–Crippen MR) is 69.8 cm³/mol. The molecule has 0 heterocycles. The Labute approximate surface area is 107 Å². The average Bonchev–Trinajstić information content (AvgIpc) is 2.39. The molecule has 0 aromatic heterocycles. The molecule has 2 amide bonds. The molecule has 1 rings (SSSR count). The van der Waals surface area contributed by atoms with Crippen LogP contribution in [-0.4, -0.2) is 30.9 Å². The molecule has 0 saturated carbocycles. The number of hydrogen-bond donors (Lipinski definition) is 3. The Morgan fingerprint density at radius 1 is 1.28 bits per heavy atom. The molecule has 1 unspecified atom stereocenters. The lowest BCUT2D eigenvalue weighted by Gasteiger charge is -2.17. The van der Waals surface area contributed by atoms with Gasteiger partial charge in [0.15, 0.2) is 0 Å². The Bertz CT molecular complexity index is 392. The summed E-state index contributed by atoms with van der Waals surface area (Å²) < 4.78 is 0. The Balaban J connectivity index is 2.71. The molecule has 5 heteroatoms. The van der Waals surface area contributed by atoms with Gasteiger partial charge in [0.05, 0.1) is 6.54 Å². The zero-order valence-electron chi connectivity index (χ0n) is 10.5. The second-order valence-corrected chi connectivity index (χ2v) is 3.91. The van der Waals surface area contributed by atoms with Crippen LogP contribution in [0.15, 0.2) is 30.3 Å². The first-order valence-electron chi connectivity index (χ1n) is 5.98. The molecule has 0 fully saturated rings. The molecule has 1 aromatic rings. The van der Waals surface area contributed by atoms with Crippen LogP contribution in [0.3, 0.4) is 0 Å². The van der Waals surface area contributed by atoms with Crippen molar-refractivity contribution in [3.63, 3.8) is 0 Å². The van der Waals surface area contributed by atoms with Gasteiger partial charge >= 0.3 is 0 Å². The number of benzene rings is 1. The van der Waals surface area contributed by atoms with E-state index in [2.05, 4.69) is 10.6 Å². The Hall–Kier alpha value is -1.88. The molecule has 0 radical (unpaired) electrons. The first-order chi connectivity index (χ1) is 8.67. The first-order valence-corrected chi connectivity index (χ1v) is 5.98. The van der Waals surface area contributed by atoms with Crippen LogP contribution in [0.4, 0.5) is 0 Å². The van der Waals surface area contributed by atoms with Crippen molar-refractivity contribution in [3.8, 4) is 0 Å². The molecule has 1 aromatic carbocycles. The zero-order valence-corrected chi connectivity index (χ0v) is 10.5. The molecule has 0 aliphatic rings. The van der Waals surface area contributed by atoms with Gasteiger partial charge < -0.3 is 16.4 Å². The van der Waals surface area contributed by atoms with Crippen LogP contribution in [0.2, 0.25) is 0 Å². The number of amides is 2. The van der Waals surface area contributed by atoms with E-state index in [1.54, 1.807) is 0 Å². The Morgan fingerprint density at radius 2 is 1.94 bits per heavy atom. The standard InChI is InChI=1S/C13H19N3O2/c1-2-15-13(18)11(16-12(17)9-14)8-10-6-4-3-5-7-10/h3-7,11H,2,8-9,14H2,1H3,(H,15,18)(H,16,17). The molecule has 18 heavy (non-hydrogen) atoms. The van der Waals surface area contributed by atoms with E-state index < -0.39 is 6.04 Å². The summed E-state index contributed by atoms with van der Waals surface area (Å²) in [5.41, 5.74) is 6.24. The molecule has 4 N–H and O–H groups in total. The highest BCUT2D eigenvalue weighted by Crippen LogP contribution is 2.03. The SMILES string of the molecule is CCNC(=O)C(Cc1ccccc1)NC(=O)CN. The van der Waals surface area contributed by atoms with E-state index >= 15 is 0 Å². The number of nitrogens with one attached hydrogen (secondary N) is 2. The normalized spacial score (nSPS) is 11.7. The summed E-state index contributed by atoms with van der Waals surface area (Å²) in [7, 11) is 0. The lowest BCUT2D eigenvalue weighted by molar-refractivity contribution is -0.128. The minimum Gasteiger partial charge on any atom is -0.355 e. The topological polar surface area (TPSA) is 84.2 Å². The third-order valence-electron chi connectivity index (χ3n) is 2.47. The largest absolute Gasteiger partial charge is 0.355 e. The summed E-state index contributed by atoms with van der Waals surface area (Å²) in [6.07, 6.45) is 0.457. The van der Waals surface area contributed by atoms with E-state index in [0.717, 1.165) is 5.56 Å². The van der Waals surface area contributed by atoms with Gasteiger partial charge in [-0.1, -0.05) is 30.3 Å². The van der Waals surface area contributed by atoms with E-state index in [1.165, 1.54) is 0 Å². The molecular weight excluding hydrogens is 230 g/mol. The van der Waals surface area contributed by atoms with E-state index in [4.69, 9.17) is 5.73 Å². The van der Waals surface area contributed by atoms with Gasteiger partial charge in [-0.2, -0.15) is 0 Å². The van der Waals surface area contributed by atoms with Crippen LogP contribution in [0.1, 0.15) is 12.5 Å². The number of carbonyl (C=O) groups is 2. The average molecular weight is 249 g/mol. The van der Waals surface area contributed by atoms with Gasteiger partial charge in [-0.15, -0.1) is 0 Å². The van der Waals surface area contributed by atoms with Crippen LogP contribution in [0.25, 0.3) is 0 Å². The lowest BCUT2D eigenvalue weighted by atomic mass is 10.1. The quantitative estimate of drug-likeness (QED) is 0.653. The van der Waals surface area contributed by atoms with Gasteiger partial charge in [0, 0.05) is 13.0 Å². The molecule has 0 aliphatic heterocycles. The summed E-state index contributed by atoms with van der Waals surface area (Å²) >= 11 is 0. The van der Waals surface area contributed by atoms with Crippen molar-refractivity contribution in [2.75, 3.05) is 13.1 Å². The smallest absolute Gasteiger partial charge is 0.242 e. The molecule has 1 atom stereocenters. The molecule has 5 nitrogen and oxygen atoms in total. The highest BCUT2D eigenvalue weighted by atomic mass is 16.2. The third-order valence-corrected chi connectivity index (χ3v) is 2.47. The van der Waals surface area contributed by atoms with E-state index in [0.29, 0.717) is 13.0 Å². The van der Waals surface area contributed by atoms with Crippen molar-refractivity contribution in [2.45, 2.75) is 19.4 Å². The van der Waals surface area contributed by atoms with Crippen molar-refractivity contribution in [2.24, 2.45) is 5.73 Å². The van der Waals surface area contributed by atoms with Crippen molar-refractivity contribution in [1.29, 1.82) is 0 Å². The zero-order chi connectivity index (χ0) is 13.4. The Kier molecular flexibility index (Phi) is 5.87. The van der Waals surface area contributed by atoms with Crippen molar-refractivity contribution < 1.29 is 9.59 Å².